The molecule has 3 aromatic rings. The van der Waals surface area contributed by atoms with Crippen LogP contribution in [0, 0.1) is 0 Å². The molecule has 2 heterocycles. The third kappa shape index (κ3) is 3.92. The van der Waals surface area contributed by atoms with Gasteiger partial charge in [0.15, 0.2) is 17.8 Å². The minimum atomic E-state index is -0.610. The number of methoxy groups -OCH3 is 2. The number of rotatable bonds is 8. The number of phenolic OH excluding ortho intramolecular Hbond substituents is 1. The molecule has 0 spiro atoms. The number of halogens is 1. The van der Waals surface area contributed by atoms with E-state index in [2.05, 4.69) is 10.2 Å². The second kappa shape index (κ2) is 9.20. The Morgan fingerprint density at radius 2 is 1.91 bits per heavy atom. The molecule has 1 amide bonds. The van der Waals surface area contributed by atoms with E-state index in [0.717, 1.165) is 16.7 Å². The van der Waals surface area contributed by atoms with Crippen molar-refractivity contribution < 1.29 is 24.1 Å². The van der Waals surface area contributed by atoms with Gasteiger partial charge in [-0.15, -0.1) is 0 Å². The predicted molar refractivity (Wildman–Crippen MR) is 119 cm³/mol. The number of amides is 1. The van der Waals surface area contributed by atoms with Gasteiger partial charge in [-0.1, -0.05) is 29.8 Å². The molecule has 0 saturated heterocycles. The molecule has 1 aliphatic heterocycles. The average Bonchev–Trinajstić information content (AvgIpc) is 3.33. The molecule has 1 aliphatic rings. The zero-order valence-electron chi connectivity index (χ0n) is 18.0. The van der Waals surface area contributed by atoms with E-state index in [9.17, 15) is 9.90 Å². The lowest BCUT2D eigenvalue weighted by molar-refractivity contribution is -0.113. The summed E-state index contributed by atoms with van der Waals surface area (Å²) in [5, 5.41) is 18.1. The maximum atomic E-state index is 13.4. The predicted octanol–water partition coefficient (Wildman–Crippen LogP) is 4.00. The molecule has 2 aromatic carbocycles. The van der Waals surface area contributed by atoms with Crippen molar-refractivity contribution in [1.29, 1.82) is 0 Å². The van der Waals surface area contributed by atoms with E-state index in [1.807, 2.05) is 19.1 Å². The van der Waals surface area contributed by atoms with Gasteiger partial charge in [0.25, 0.3) is 5.91 Å². The molecular formula is C23H24ClN3O5. The Morgan fingerprint density at radius 1 is 1.19 bits per heavy atom. The lowest BCUT2D eigenvalue weighted by Crippen LogP contribution is -2.38. The van der Waals surface area contributed by atoms with Gasteiger partial charge in [-0.2, -0.15) is 5.10 Å². The standard InChI is InChI=1S/C23H24ClN3O5/c1-4-32-17-11-14(7-10-16(17)28)22-19-20(13-5-8-15(24)9-6-13)25-26-21(19)23(29)27(22)12-18(30-2)31-3/h5-11,18,22,28H,4,12H2,1-3H3,(H,25,26). The summed E-state index contributed by atoms with van der Waals surface area (Å²) < 4.78 is 16.3. The molecule has 0 fully saturated rings. The van der Waals surface area contributed by atoms with Gasteiger partial charge < -0.3 is 24.2 Å². The summed E-state index contributed by atoms with van der Waals surface area (Å²) in [5.74, 6) is 0.156. The van der Waals surface area contributed by atoms with Crippen LogP contribution in [0.1, 0.15) is 34.6 Å². The van der Waals surface area contributed by atoms with Crippen LogP contribution in [-0.4, -0.2) is 59.8 Å². The number of benzene rings is 2. The minimum Gasteiger partial charge on any atom is -0.504 e. The summed E-state index contributed by atoms with van der Waals surface area (Å²) in [6.45, 7) is 2.43. The Labute approximate surface area is 190 Å². The van der Waals surface area contributed by atoms with Crippen LogP contribution in [0.4, 0.5) is 0 Å². The first-order valence-electron chi connectivity index (χ1n) is 10.1. The number of aromatic amines is 1. The van der Waals surface area contributed by atoms with Gasteiger partial charge in [0, 0.05) is 30.4 Å². The summed E-state index contributed by atoms with van der Waals surface area (Å²) in [5.41, 5.74) is 3.37. The van der Waals surface area contributed by atoms with Crippen molar-refractivity contribution in [1.82, 2.24) is 15.1 Å². The zero-order valence-corrected chi connectivity index (χ0v) is 18.7. The number of phenols is 1. The van der Waals surface area contributed by atoms with Crippen molar-refractivity contribution in [3.63, 3.8) is 0 Å². The molecule has 1 atom stereocenters. The third-order valence-electron chi connectivity index (χ3n) is 5.45. The molecule has 9 heteroatoms. The van der Waals surface area contributed by atoms with E-state index >= 15 is 0 Å². The van der Waals surface area contributed by atoms with Crippen LogP contribution in [0.2, 0.25) is 5.02 Å². The normalized spacial score (nSPS) is 15.5. The Morgan fingerprint density at radius 3 is 2.56 bits per heavy atom. The van der Waals surface area contributed by atoms with Crippen LogP contribution in [-0.2, 0) is 9.47 Å². The van der Waals surface area contributed by atoms with Crippen molar-refractivity contribution in [3.05, 3.63) is 64.3 Å². The summed E-state index contributed by atoms with van der Waals surface area (Å²) in [7, 11) is 3.05. The SMILES string of the molecule is CCOc1cc(C2c3c(-c4ccc(Cl)cc4)n[nH]c3C(=O)N2CC(OC)OC)ccc1O. The van der Waals surface area contributed by atoms with Crippen LogP contribution < -0.4 is 4.74 Å². The average molecular weight is 458 g/mol. The number of nitrogens with one attached hydrogen (secondary N) is 1. The number of carbonyl (C=O) groups is 1. The zero-order chi connectivity index (χ0) is 22.8. The molecule has 168 valence electrons. The number of fused-ring (bicyclic) bond motifs is 1. The van der Waals surface area contributed by atoms with E-state index in [1.54, 1.807) is 35.2 Å². The Balaban J connectivity index is 1.86. The molecular weight excluding hydrogens is 434 g/mol. The van der Waals surface area contributed by atoms with Crippen molar-refractivity contribution in [3.8, 4) is 22.8 Å². The van der Waals surface area contributed by atoms with E-state index in [1.165, 1.54) is 14.2 Å². The molecule has 32 heavy (non-hydrogen) atoms. The molecule has 0 aliphatic carbocycles. The smallest absolute Gasteiger partial charge is 0.273 e. The molecule has 0 saturated carbocycles. The summed E-state index contributed by atoms with van der Waals surface area (Å²) in [4.78, 5) is 15.0. The number of hydrogen-bond acceptors (Lipinski definition) is 6. The lowest BCUT2D eigenvalue weighted by atomic mass is 9.95. The number of ether oxygens (including phenoxy) is 3. The summed E-state index contributed by atoms with van der Waals surface area (Å²) >= 11 is 6.06. The highest BCUT2D eigenvalue weighted by molar-refractivity contribution is 6.30. The highest BCUT2D eigenvalue weighted by atomic mass is 35.5. The van der Waals surface area contributed by atoms with Gasteiger partial charge in [0.2, 0.25) is 0 Å². The molecule has 1 unspecified atom stereocenters. The van der Waals surface area contributed by atoms with Gasteiger partial charge in [-0.25, -0.2) is 0 Å². The van der Waals surface area contributed by atoms with Crippen LogP contribution in [0.5, 0.6) is 11.5 Å². The molecule has 1 aromatic heterocycles. The van der Waals surface area contributed by atoms with Crippen molar-refractivity contribution in [2.24, 2.45) is 0 Å². The molecule has 8 nitrogen and oxygen atoms in total. The van der Waals surface area contributed by atoms with Gasteiger partial charge in [0.1, 0.15) is 5.69 Å². The van der Waals surface area contributed by atoms with Crippen molar-refractivity contribution >= 4 is 17.5 Å². The second-order valence-electron chi connectivity index (χ2n) is 7.29. The van der Waals surface area contributed by atoms with Crippen molar-refractivity contribution in [2.75, 3.05) is 27.4 Å². The Kier molecular flexibility index (Phi) is 6.36. The summed E-state index contributed by atoms with van der Waals surface area (Å²) in [6.07, 6.45) is -0.610. The second-order valence-corrected chi connectivity index (χ2v) is 7.73. The monoisotopic (exact) mass is 457 g/mol. The number of hydrogen-bond donors (Lipinski definition) is 2. The molecule has 0 radical (unpaired) electrons. The first-order chi connectivity index (χ1) is 15.5. The van der Waals surface area contributed by atoms with E-state index in [4.69, 9.17) is 25.8 Å². The highest BCUT2D eigenvalue weighted by Crippen LogP contribution is 2.44. The maximum absolute atomic E-state index is 13.4. The van der Waals surface area contributed by atoms with E-state index in [-0.39, 0.29) is 18.2 Å². The topological polar surface area (TPSA) is 96.9 Å². The maximum Gasteiger partial charge on any atom is 0.273 e. The summed E-state index contributed by atoms with van der Waals surface area (Å²) in [6, 6.07) is 11.9. The Hall–Kier alpha value is -3.07. The molecule has 2 N–H and O–H groups in total. The van der Waals surface area contributed by atoms with Gasteiger partial charge in [-0.05, 0) is 36.8 Å². The molecule has 4 rings (SSSR count). The lowest BCUT2D eigenvalue weighted by Gasteiger charge is -2.29. The number of aromatic hydroxyl groups is 1. The van der Waals surface area contributed by atoms with E-state index < -0.39 is 12.3 Å². The fourth-order valence-electron chi connectivity index (χ4n) is 3.94. The van der Waals surface area contributed by atoms with Crippen molar-refractivity contribution in [2.45, 2.75) is 19.3 Å². The number of nitrogens with zero attached hydrogens (tertiary/aromatic N) is 2. The van der Waals surface area contributed by atoms with Gasteiger partial charge in [-0.3, -0.25) is 9.89 Å². The van der Waals surface area contributed by atoms with Gasteiger partial charge >= 0.3 is 0 Å². The number of carbonyl (C=O) groups excluding carboxylic acids is 1. The first-order valence-corrected chi connectivity index (χ1v) is 10.5. The Bertz CT molecular complexity index is 1110. The minimum absolute atomic E-state index is 0.0310. The third-order valence-corrected chi connectivity index (χ3v) is 5.70. The highest BCUT2D eigenvalue weighted by Gasteiger charge is 2.43. The van der Waals surface area contributed by atoms with Crippen LogP contribution in [0.25, 0.3) is 11.3 Å². The van der Waals surface area contributed by atoms with Crippen LogP contribution in [0.15, 0.2) is 42.5 Å². The van der Waals surface area contributed by atoms with Gasteiger partial charge in [0.05, 0.1) is 24.9 Å². The number of H-pyrrole nitrogens is 1. The van der Waals surface area contributed by atoms with Crippen LogP contribution >= 0.6 is 11.6 Å². The van der Waals surface area contributed by atoms with E-state index in [0.29, 0.717) is 28.8 Å². The van der Waals surface area contributed by atoms with Crippen LogP contribution in [0.3, 0.4) is 0 Å². The first kappa shape index (κ1) is 22.1. The molecule has 0 bridgehead atoms. The fraction of sp³-hybridized carbons (Fsp3) is 0.304. The number of aromatic nitrogens is 2. The largest absolute Gasteiger partial charge is 0.504 e. The fourth-order valence-corrected chi connectivity index (χ4v) is 4.06. The quantitative estimate of drug-likeness (QED) is 0.496.